The van der Waals surface area contributed by atoms with Gasteiger partial charge >= 0.3 is 0 Å². The highest BCUT2D eigenvalue weighted by Gasteiger charge is 2.61. The summed E-state index contributed by atoms with van der Waals surface area (Å²) in [7, 11) is 0. The largest absolute Gasteiger partial charge is 0.381 e. The van der Waals surface area contributed by atoms with Gasteiger partial charge in [-0.05, 0) is 86.1 Å². The zero-order valence-corrected chi connectivity index (χ0v) is 32.1. The first-order chi connectivity index (χ1) is 27.7. The molecule has 6 nitrogen and oxygen atoms in total. The lowest BCUT2D eigenvalue weighted by Crippen LogP contribution is -2.61. The van der Waals surface area contributed by atoms with Crippen LogP contribution < -0.4 is 0 Å². The summed E-state index contributed by atoms with van der Waals surface area (Å²) < 4.78 is 26.8. The van der Waals surface area contributed by atoms with Crippen molar-refractivity contribution in [2.45, 2.75) is 50.7 Å². The molecule has 0 saturated carbocycles. The highest BCUT2D eigenvalue weighted by atomic mass is 19.1. The molecule has 0 heterocycles. The molecule has 58 heavy (non-hydrogen) atoms. The molecule has 0 aromatic heterocycles. The van der Waals surface area contributed by atoms with Crippen LogP contribution in [0.4, 0.5) is 8.78 Å². The van der Waals surface area contributed by atoms with E-state index in [2.05, 4.69) is 0 Å². The summed E-state index contributed by atoms with van der Waals surface area (Å²) in [6, 6.07) is 43.2. The van der Waals surface area contributed by atoms with Crippen LogP contribution in [0.5, 0.6) is 0 Å². The van der Waals surface area contributed by atoms with Crippen LogP contribution in [0, 0.1) is 22.5 Å². The van der Waals surface area contributed by atoms with Crippen molar-refractivity contribution < 1.29 is 38.2 Å². The maximum atomic E-state index is 13.8. The van der Waals surface area contributed by atoms with Crippen LogP contribution in [0.25, 0.3) is 0 Å². The van der Waals surface area contributed by atoms with Gasteiger partial charge in [-0.25, -0.2) is 8.78 Å². The maximum Gasteiger partial charge on any atom is 0.195 e. The predicted molar refractivity (Wildman–Crippen MR) is 217 cm³/mol. The Hall–Kier alpha value is -6.22. The van der Waals surface area contributed by atoms with E-state index in [9.17, 15) is 38.2 Å². The van der Waals surface area contributed by atoms with E-state index in [1.54, 1.807) is 97.1 Å². The number of ketones is 4. The third-order valence-electron chi connectivity index (χ3n) is 12.0. The molecule has 8 rings (SSSR count). The van der Waals surface area contributed by atoms with E-state index < -0.39 is 33.6 Å². The summed E-state index contributed by atoms with van der Waals surface area (Å²) in [4.78, 5) is 54.1. The van der Waals surface area contributed by atoms with E-state index in [0.717, 1.165) is 11.1 Å². The normalized spacial score (nSPS) is 23.5. The van der Waals surface area contributed by atoms with Crippen molar-refractivity contribution in [2.24, 2.45) is 10.8 Å². The summed E-state index contributed by atoms with van der Waals surface area (Å²) in [6.45, 7) is 2.85. The Morgan fingerprint density at radius 3 is 1.14 bits per heavy atom. The minimum atomic E-state index is -1.91. The summed E-state index contributed by atoms with van der Waals surface area (Å²) in [5.41, 5.74) is -2.07. The molecule has 0 unspecified atom stereocenters. The summed E-state index contributed by atoms with van der Waals surface area (Å²) >= 11 is 0. The Bertz CT molecular complexity index is 2320. The molecule has 0 radical (unpaired) electrons. The van der Waals surface area contributed by atoms with E-state index in [0.29, 0.717) is 33.4 Å². The highest BCUT2D eigenvalue weighted by molar-refractivity contribution is 6.14. The maximum absolute atomic E-state index is 13.8. The molecular formula is C50H42F2O6. The Balaban J connectivity index is 0.000000177. The second-order valence-corrected chi connectivity index (χ2v) is 15.6. The first-order valence-corrected chi connectivity index (χ1v) is 19.1. The zero-order chi connectivity index (χ0) is 41.3. The monoisotopic (exact) mass is 776 g/mol. The molecule has 0 aliphatic heterocycles. The van der Waals surface area contributed by atoms with Crippen molar-refractivity contribution in [2.75, 3.05) is 0 Å². The topological polar surface area (TPSA) is 109 Å². The van der Waals surface area contributed by atoms with E-state index in [1.807, 2.05) is 36.4 Å². The molecule has 6 aromatic carbocycles. The predicted octanol–water partition coefficient (Wildman–Crippen LogP) is 8.86. The summed E-state index contributed by atoms with van der Waals surface area (Å²) in [5, 5.41) is 23.0. The highest BCUT2D eigenvalue weighted by Crippen LogP contribution is 2.49. The molecule has 0 bridgehead atoms. The lowest BCUT2D eigenvalue weighted by atomic mass is 9.56. The SMILES string of the molecule is C[C@@]1(O)C(=O)c2ccccc2C[C@@]1(Cc1ccc(F)cc1)C(=O)c1ccccc1.C[C@@]1(O)C(=O)c2ccccc2C[C@@]1(Cc1ccc(F)cc1)C(=O)c1ccccc1. The van der Waals surface area contributed by atoms with Crippen LogP contribution in [0.3, 0.4) is 0 Å². The van der Waals surface area contributed by atoms with Gasteiger partial charge in [-0.15, -0.1) is 0 Å². The van der Waals surface area contributed by atoms with Crippen molar-refractivity contribution in [3.63, 3.8) is 0 Å². The molecule has 2 aliphatic rings. The Labute approximate surface area is 335 Å². The lowest BCUT2D eigenvalue weighted by molar-refractivity contribution is -0.0360. The molecule has 6 aromatic rings. The van der Waals surface area contributed by atoms with E-state index in [4.69, 9.17) is 0 Å². The zero-order valence-electron chi connectivity index (χ0n) is 32.1. The van der Waals surface area contributed by atoms with Crippen molar-refractivity contribution >= 4 is 23.1 Å². The number of benzene rings is 6. The average molecular weight is 777 g/mol. The third kappa shape index (κ3) is 7.03. The van der Waals surface area contributed by atoms with E-state index in [-0.39, 0.29) is 48.9 Å². The van der Waals surface area contributed by atoms with Crippen LogP contribution in [-0.4, -0.2) is 44.5 Å². The van der Waals surface area contributed by atoms with Crippen LogP contribution in [0.2, 0.25) is 0 Å². The second-order valence-electron chi connectivity index (χ2n) is 15.6. The molecule has 292 valence electrons. The van der Waals surface area contributed by atoms with Gasteiger partial charge < -0.3 is 10.2 Å². The molecule has 0 spiro atoms. The van der Waals surface area contributed by atoms with Crippen LogP contribution in [0.15, 0.2) is 158 Å². The van der Waals surface area contributed by atoms with Crippen molar-refractivity contribution in [3.8, 4) is 0 Å². The number of halogens is 2. The molecule has 0 amide bonds. The fourth-order valence-corrected chi connectivity index (χ4v) is 8.61. The minimum absolute atomic E-state index is 0.119. The number of fused-ring (bicyclic) bond motifs is 2. The van der Waals surface area contributed by atoms with Gasteiger partial charge in [0.2, 0.25) is 0 Å². The molecule has 0 fully saturated rings. The number of aliphatic hydroxyl groups is 2. The van der Waals surface area contributed by atoms with Gasteiger partial charge in [0.25, 0.3) is 0 Å². The van der Waals surface area contributed by atoms with Gasteiger partial charge in [-0.1, -0.05) is 133 Å². The number of carbonyl (C=O) groups is 4. The van der Waals surface area contributed by atoms with Crippen molar-refractivity contribution in [3.05, 3.63) is 214 Å². The fourth-order valence-electron chi connectivity index (χ4n) is 8.61. The van der Waals surface area contributed by atoms with Gasteiger partial charge in [0.15, 0.2) is 23.1 Å². The second kappa shape index (κ2) is 15.6. The molecule has 4 atom stereocenters. The number of hydrogen-bond acceptors (Lipinski definition) is 6. The van der Waals surface area contributed by atoms with Gasteiger partial charge in [-0.3, -0.25) is 19.2 Å². The Morgan fingerprint density at radius 1 is 0.483 bits per heavy atom. The van der Waals surface area contributed by atoms with Gasteiger partial charge in [0, 0.05) is 22.3 Å². The molecule has 8 heteroatoms. The smallest absolute Gasteiger partial charge is 0.195 e. The van der Waals surface area contributed by atoms with Crippen LogP contribution >= 0.6 is 0 Å². The van der Waals surface area contributed by atoms with Crippen molar-refractivity contribution in [1.82, 2.24) is 0 Å². The third-order valence-corrected chi connectivity index (χ3v) is 12.0. The number of Topliss-reactive ketones (excluding diaryl/α,β-unsaturated/α-hetero) is 4. The first kappa shape index (κ1) is 40.0. The van der Waals surface area contributed by atoms with Crippen molar-refractivity contribution in [1.29, 1.82) is 0 Å². The van der Waals surface area contributed by atoms with Crippen LogP contribution in [-0.2, 0) is 25.7 Å². The lowest BCUT2D eigenvalue weighted by Gasteiger charge is -2.47. The van der Waals surface area contributed by atoms with Gasteiger partial charge in [0.1, 0.15) is 22.8 Å². The average Bonchev–Trinajstić information content (AvgIpc) is 3.24. The summed E-state index contributed by atoms with van der Waals surface area (Å²) in [6.07, 6.45) is 0.669. The number of carbonyl (C=O) groups excluding carboxylic acids is 4. The molecule has 2 N–H and O–H groups in total. The standard InChI is InChI=1S/2C25H21FO3/c2*1-24(29)23(28)21-10-6-5-9-19(21)16-25(24,15-17-11-13-20(26)14-12-17)22(27)18-7-3-2-4-8-18/h2*2-14,29H,15-16H2,1H3/t2*24-,25+/m11/s1. The Kier molecular flexibility index (Phi) is 10.8. The van der Waals surface area contributed by atoms with Gasteiger partial charge in [-0.2, -0.15) is 0 Å². The summed E-state index contributed by atoms with van der Waals surface area (Å²) in [5.74, 6) is -2.29. The van der Waals surface area contributed by atoms with E-state index in [1.165, 1.54) is 38.1 Å². The first-order valence-electron chi connectivity index (χ1n) is 19.1. The number of rotatable bonds is 8. The molecular weight excluding hydrogens is 735 g/mol. The minimum Gasteiger partial charge on any atom is -0.381 e. The Morgan fingerprint density at radius 2 is 0.793 bits per heavy atom. The van der Waals surface area contributed by atoms with Gasteiger partial charge in [0.05, 0.1) is 10.8 Å². The quantitative estimate of drug-likeness (QED) is 0.150. The molecule has 2 aliphatic carbocycles. The fraction of sp³-hybridized carbons (Fsp3) is 0.200. The molecule has 0 saturated heterocycles. The van der Waals surface area contributed by atoms with Crippen LogP contribution in [0.1, 0.15) is 77.5 Å². The number of hydrogen-bond donors (Lipinski definition) is 2. The van der Waals surface area contributed by atoms with E-state index >= 15 is 0 Å².